The summed E-state index contributed by atoms with van der Waals surface area (Å²) in [7, 11) is 0. The van der Waals surface area contributed by atoms with Crippen molar-refractivity contribution in [2.45, 2.75) is 20.4 Å². The van der Waals surface area contributed by atoms with Crippen LogP contribution < -0.4 is 16.6 Å². The van der Waals surface area contributed by atoms with E-state index in [2.05, 4.69) is 20.3 Å². The van der Waals surface area contributed by atoms with Crippen LogP contribution in [-0.4, -0.2) is 32.0 Å². The number of hydrogen-bond acceptors (Lipinski definition) is 5. The van der Waals surface area contributed by atoms with E-state index in [0.29, 0.717) is 34.5 Å². The molecule has 4 N–H and O–H groups in total. The molecule has 0 saturated heterocycles. The number of benzene rings is 1. The van der Waals surface area contributed by atoms with Crippen LogP contribution in [0.15, 0.2) is 59.5 Å². The Labute approximate surface area is 199 Å². The van der Waals surface area contributed by atoms with Gasteiger partial charge in [-0.2, -0.15) is 0 Å². The number of rotatable bonds is 5. The maximum Gasteiger partial charge on any atom is 0.268 e. The quantitative estimate of drug-likeness (QED) is 0.361. The molecule has 0 fully saturated rings. The number of nitrogens with zero attached hydrogens (tertiary/aromatic N) is 3. The molecule has 176 valence electrons. The van der Waals surface area contributed by atoms with E-state index >= 15 is 0 Å². The fourth-order valence-corrected chi connectivity index (χ4v) is 4.42. The third-order valence-electron chi connectivity index (χ3n) is 5.96. The van der Waals surface area contributed by atoms with Crippen LogP contribution in [0.4, 0.5) is 10.2 Å². The van der Waals surface area contributed by atoms with Crippen molar-refractivity contribution in [1.82, 2.24) is 24.8 Å². The highest BCUT2D eigenvalue weighted by atomic mass is 19.1. The van der Waals surface area contributed by atoms with Crippen molar-refractivity contribution in [3.63, 3.8) is 0 Å². The number of hydrogen-bond donors (Lipinski definition) is 3. The number of nitrogens with one attached hydrogen (secondary N) is 2. The summed E-state index contributed by atoms with van der Waals surface area (Å²) in [6.07, 6.45) is 1.51. The van der Waals surface area contributed by atoms with Gasteiger partial charge in [0.1, 0.15) is 17.3 Å². The van der Waals surface area contributed by atoms with Gasteiger partial charge < -0.3 is 20.6 Å². The summed E-state index contributed by atoms with van der Waals surface area (Å²) in [6, 6.07) is 13.9. The van der Waals surface area contributed by atoms with Crippen molar-refractivity contribution in [2.75, 3.05) is 12.3 Å². The van der Waals surface area contributed by atoms with Crippen molar-refractivity contribution < 1.29 is 9.18 Å². The number of para-hydroxylation sites is 1. The minimum Gasteiger partial charge on any atom is -0.384 e. The molecule has 4 heterocycles. The normalized spacial score (nSPS) is 11.3. The monoisotopic (exact) mass is 470 g/mol. The molecule has 1 aromatic carbocycles. The summed E-state index contributed by atoms with van der Waals surface area (Å²) >= 11 is 0. The van der Waals surface area contributed by atoms with Crippen molar-refractivity contribution in [3.05, 3.63) is 87.9 Å². The fourth-order valence-electron chi connectivity index (χ4n) is 4.42. The highest BCUT2D eigenvalue weighted by Gasteiger charge is 2.27. The first kappa shape index (κ1) is 22.3. The number of amides is 1. The molecule has 1 amide bonds. The first-order valence-corrected chi connectivity index (χ1v) is 11.2. The summed E-state index contributed by atoms with van der Waals surface area (Å²) in [5.41, 5.74) is 8.98. The average molecular weight is 471 g/mol. The molecule has 4 aromatic heterocycles. The Morgan fingerprint density at radius 1 is 1.17 bits per heavy atom. The average Bonchev–Trinajstić information content (AvgIpc) is 3.12. The van der Waals surface area contributed by atoms with Gasteiger partial charge in [0.05, 0.1) is 27.8 Å². The third kappa shape index (κ3) is 3.80. The molecule has 8 nitrogen and oxygen atoms in total. The fraction of sp³-hybridized carbons (Fsp3) is 0.154. The molecule has 0 aliphatic carbocycles. The second kappa shape index (κ2) is 8.68. The predicted octanol–water partition coefficient (Wildman–Crippen LogP) is 3.77. The van der Waals surface area contributed by atoms with E-state index in [1.807, 2.05) is 24.3 Å². The molecule has 5 aromatic rings. The largest absolute Gasteiger partial charge is 0.384 e. The summed E-state index contributed by atoms with van der Waals surface area (Å²) in [5.74, 6) is -0.575. The first-order chi connectivity index (χ1) is 16.9. The number of halogens is 1. The van der Waals surface area contributed by atoms with Gasteiger partial charge in [0, 0.05) is 36.3 Å². The molecule has 0 bridgehead atoms. The van der Waals surface area contributed by atoms with Crippen LogP contribution in [0.25, 0.3) is 33.1 Å². The maximum atomic E-state index is 14.8. The van der Waals surface area contributed by atoms with Crippen LogP contribution in [0.2, 0.25) is 0 Å². The van der Waals surface area contributed by atoms with Crippen molar-refractivity contribution >= 4 is 33.7 Å². The molecule has 0 aliphatic heterocycles. The number of nitrogens with two attached hydrogens (primary N) is 1. The Hall–Kier alpha value is -4.53. The lowest BCUT2D eigenvalue weighted by molar-refractivity contribution is 0.0948. The van der Waals surface area contributed by atoms with Crippen LogP contribution in [-0.2, 0) is 6.54 Å². The van der Waals surface area contributed by atoms with Gasteiger partial charge in [0.2, 0.25) is 0 Å². The van der Waals surface area contributed by atoms with Crippen molar-refractivity contribution in [2.24, 2.45) is 0 Å². The van der Waals surface area contributed by atoms with E-state index in [4.69, 9.17) is 5.73 Å². The van der Waals surface area contributed by atoms with Gasteiger partial charge in [-0.1, -0.05) is 18.2 Å². The SMILES string of the molecule is CCNC(=O)c1c(-c2ccc[nH]c2=O)c2nc(C)c(F)cc2n1Cc1cc(N)nc2ccccc12. The number of anilines is 1. The van der Waals surface area contributed by atoms with Crippen LogP contribution in [0.3, 0.4) is 0 Å². The lowest BCUT2D eigenvalue weighted by atomic mass is 10.1. The summed E-state index contributed by atoms with van der Waals surface area (Å²) in [4.78, 5) is 37.8. The summed E-state index contributed by atoms with van der Waals surface area (Å²) in [5, 5.41) is 3.68. The summed E-state index contributed by atoms with van der Waals surface area (Å²) in [6.45, 7) is 3.91. The first-order valence-electron chi connectivity index (χ1n) is 11.2. The second-order valence-corrected chi connectivity index (χ2v) is 8.23. The van der Waals surface area contributed by atoms with Gasteiger partial charge in [-0.25, -0.2) is 14.4 Å². The van der Waals surface area contributed by atoms with E-state index in [1.54, 1.807) is 36.6 Å². The predicted molar refractivity (Wildman–Crippen MR) is 134 cm³/mol. The minimum atomic E-state index is -0.508. The Morgan fingerprint density at radius 3 is 2.74 bits per heavy atom. The van der Waals surface area contributed by atoms with Gasteiger partial charge in [0.25, 0.3) is 11.5 Å². The van der Waals surface area contributed by atoms with Gasteiger partial charge in [0.15, 0.2) is 0 Å². The van der Waals surface area contributed by atoms with E-state index in [0.717, 1.165) is 10.9 Å². The smallest absolute Gasteiger partial charge is 0.268 e. The number of H-pyrrole nitrogens is 1. The highest BCUT2D eigenvalue weighted by Crippen LogP contribution is 2.35. The topological polar surface area (TPSA) is 119 Å². The highest BCUT2D eigenvalue weighted by molar-refractivity contribution is 6.09. The number of carbonyl (C=O) groups is 1. The minimum absolute atomic E-state index is 0.171. The standard InChI is InChI=1S/C26H23FN6O2/c1-3-29-26(35)24-22(17-8-6-10-30-25(17)34)23-20(12-18(27)14(2)31-23)33(24)13-15-11-21(28)32-19-9-5-4-7-16(15)19/h4-12H,3,13H2,1-2H3,(H2,28,32)(H,29,35)(H,30,34). The lowest BCUT2D eigenvalue weighted by Gasteiger charge is -2.14. The number of carbonyl (C=O) groups excluding carboxylic acids is 1. The molecule has 0 saturated carbocycles. The van der Waals surface area contributed by atoms with E-state index in [-0.39, 0.29) is 29.1 Å². The van der Waals surface area contributed by atoms with E-state index in [1.165, 1.54) is 12.3 Å². The Morgan fingerprint density at radius 2 is 1.97 bits per heavy atom. The lowest BCUT2D eigenvalue weighted by Crippen LogP contribution is -2.27. The Balaban J connectivity index is 1.88. The number of pyridine rings is 3. The van der Waals surface area contributed by atoms with Gasteiger partial charge in [-0.3, -0.25) is 9.59 Å². The van der Waals surface area contributed by atoms with Crippen LogP contribution in [0.1, 0.15) is 28.7 Å². The van der Waals surface area contributed by atoms with Crippen molar-refractivity contribution in [3.8, 4) is 11.1 Å². The zero-order valence-electron chi connectivity index (χ0n) is 19.2. The second-order valence-electron chi connectivity index (χ2n) is 8.23. The number of aryl methyl sites for hydroxylation is 1. The van der Waals surface area contributed by atoms with Crippen LogP contribution >= 0.6 is 0 Å². The molecule has 5 rings (SSSR count). The number of nitrogen functional groups attached to an aromatic ring is 1. The number of aromatic nitrogens is 4. The summed E-state index contributed by atoms with van der Waals surface area (Å²) < 4.78 is 16.5. The van der Waals surface area contributed by atoms with Crippen LogP contribution in [0, 0.1) is 12.7 Å². The maximum absolute atomic E-state index is 14.8. The zero-order valence-corrected chi connectivity index (χ0v) is 19.2. The van der Waals surface area contributed by atoms with Crippen molar-refractivity contribution in [1.29, 1.82) is 0 Å². The number of fused-ring (bicyclic) bond motifs is 2. The third-order valence-corrected chi connectivity index (χ3v) is 5.96. The molecule has 0 aliphatic rings. The molecular formula is C26H23FN6O2. The van der Waals surface area contributed by atoms with Crippen LogP contribution in [0.5, 0.6) is 0 Å². The molecule has 0 radical (unpaired) electrons. The molecular weight excluding hydrogens is 447 g/mol. The molecule has 0 unspecified atom stereocenters. The van der Waals surface area contributed by atoms with Gasteiger partial charge in [-0.05, 0) is 43.7 Å². The van der Waals surface area contributed by atoms with E-state index in [9.17, 15) is 14.0 Å². The Kier molecular flexibility index (Phi) is 5.52. The number of aromatic amines is 1. The molecule has 35 heavy (non-hydrogen) atoms. The molecule has 9 heteroatoms. The van der Waals surface area contributed by atoms with E-state index < -0.39 is 11.7 Å². The zero-order chi connectivity index (χ0) is 24.7. The van der Waals surface area contributed by atoms with Gasteiger partial charge >= 0.3 is 0 Å². The molecule has 0 atom stereocenters. The molecule has 0 spiro atoms. The Bertz CT molecular complexity index is 1670. The van der Waals surface area contributed by atoms with Gasteiger partial charge in [-0.15, -0.1) is 0 Å².